The van der Waals surface area contributed by atoms with Gasteiger partial charge in [-0.15, -0.1) is 6.58 Å². The maximum atomic E-state index is 12.8. The molecule has 0 bridgehead atoms. The molecular formula is C15H15FN4O. The Hall–Kier alpha value is -2.76. The van der Waals surface area contributed by atoms with Crippen LogP contribution in [0.15, 0.2) is 49.3 Å². The number of nitrogens with one attached hydrogen (secondary N) is 2. The molecule has 1 amide bonds. The van der Waals surface area contributed by atoms with Crippen LogP contribution >= 0.6 is 0 Å². The highest BCUT2D eigenvalue weighted by molar-refractivity contribution is 5.93. The van der Waals surface area contributed by atoms with Crippen LogP contribution in [0.4, 0.5) is 10.3 Å². The number of halogens is 1. The highest BCUT2D eigenvalue weighted by Crippen LogP contribution is 2.06. The van der Waals surface area contributed by atoms with E-state index in [2.05, 4.69) is 27.2 Å². The zero-order valence-electron chi connectivity index (χ0n) is 11.3. The van der Waals surface area contributed by atoms with Crippen LogP contribution < -0.4 is 10.6 Å². The molecule has 0 aliphatic rings. The Morgan fingerprint density at radius 1 is 1.24 bits per heavy atom. The highest BCUT2D eigenvalue weighted by Gasteiger charge is 2.05. The van der Waals surface area contributed by atoms with E-state index in [1.165, 1.54) is 24.5 Å². The summed E-state index contributed by atoms with van der Waals surface area (Å²) < 4.78 is 12.8. The van der Waals surface area contributed by atoms with Gasteiger partial charge in [0.25, 0.3) is 5.91 Å². The molecule has 6 heteroatoms. The van der Waals surface area contributed by atoms with Gasteiger partial charge in [0.1, 0.15) is 5.82 Å². The lowest BCUT2D eigenvalue weighted by molar-refractivity contribution is 0.0957. The van der Waals surface area contributed by atoms with Crippen LogP contribution in [0.5, 0.6) is 0 Å². The predicted octanol–water partition coefficient (Wildman–Crippen LogP) is 2.14. The minimum absolute atomic E-state index is 0.250. The van der Waals surface area contributed by atoms with Crippen LogP contribution in [0.25, 0.3) is 0 Å². The number of carbonyl (C=O) groups is 1. The number of rotatable bonds is 6. The first-order chi connectivity index (χ1) is 10.2. The minimum Gasteiger partial charge on any atom is -0.350 e. The third-order valence-electron chi connectivity index (χ3n) is 2.68. The predicted molar refractivity (Wildman–Crippen MR) is 78.3 cm³/mol. The van der Waals surface area contributed by atoms with Gasteiger partial charge >= 0.3 is 0 Å². The van der Waals surface area contributed by atoms with E-state index in [0.29, 0.717) is 24.6 Å². The lowest BCUT2D eigenvalue weighted by atomic mass is 10.2. The summed E-state index contributed by atoms with van der Waals surface area (Å²) in [5.74, 6) is -0.121. The maximum Gasteiger partial charge on any atom is 0.254 e. The summed E-state index contributed by atoms with van der Waals surface area (Å²) in [6.07, 6.45) is 4.48. The molecule has 0 atom stereocenters. The molecule has 2 aromatic rings. The van der Waals surface area contributed by atoms with Crippen molar-refractivity contribution in [1.29, 1.82) is 0 Å². The summed E-state index contributed by atoms with van der Waals surface area (Å²) in [6.45, 7) is 4.39. The second kappa shape index (κ2) is 7.14. The van der Waals surface area contributed by atoms with Crippen LogP contribution in [0, 0.1) is 5.82 Å². The Morgan fingerprint density at radius 2 is 1.90 bits per heavy atom. The summed E-state index contributed by atoms with van der Waals surface area (Å²) in [6, 6.07) is 6.15. The van der Waals surface area contributed by atoms with Gasteiger partial charge in [0.15, 0.2) is 0 Å². The van der Waals surface area contributed by atoms with Gasteiger partial charge < -0.3 is 10.6 Å². The molecular weight excluding hydrogens is 271 g/mol. The molecule has 0 radical (unpaired) electrons. The van der Waals surface area contributed by atoms with E-state index in [-0.39, 0.29) is 11.7 Å². The van der Waals surface area contributed by atoms with Crippen molar-refractivity contribution in [3.63, 3.8) is 0 Å². The van der Waals surface area contributed by atoms with E-state index in [1.54, 1.807) is 18.2 Å². The fourth-order valence-corrected chi connectivity index (χ4v) is 1.59. The molecule has 108 valence electrons. The average Bonchev–Trinajstić information content (AvgIpc) is 2.52. The number of nitrogens with zero attached hydrogens (tertiary/aromatic N) is 2. The van der Waals surface area contributed by atoms with Gasteiger partial charge in [-0.05, 0) is 17.7 Å². The van der Waals surface area contributed by atoms with Crippen LogP contribution in [-0.4, -0.2) is 22.4 Å². The van der Waals surface area contributed by atoms with Crippen LogP contribution in [0.3, 0.4) is 0 Å². The van der Waals surface area contributed by atoms with Crippen molar-refractivity contribution in [3.05, 3.63) is 66.3 Å². The van der Waals surface area contributed by atoms with Gasteiger partial charge in [-0.2, -0.15) is 0 Å². The number of carbonyl (C=O) groups excluding carboxylic acids is 1. The number of benzene rings is 1. The Balaban J connectivity index is 1.91. The van der Waals surface area contributed by atoms with Crippen molar-refractivity contribution in [2.24, 2.45) is 0 Å². The molecule has 0 saturated heterocycles. The number of amides is 1. The van der Waals surface area contributed by atoms with Crippen molar-refractivity contribution < 1.29 is 9.18 Å². The number of hydrogen-bond acceptors (Lipinski definition) is 4. The quantitative estimate of drug-likeness (QED) is 0.798. The van der Waals surface area contributed by atoms with Crippen molar-refractivity contribution in [3.8, 4) is 0 Å². The molecule has 1 heterocycles. The van der Waals surface area contributed by atoms with Crippen molar-refractivity contribution in [2.75, 3.05) is 11.9 Å². The Labute approximate surface area is 121 Å². The van der Waals surface area contributed by atoms with Crippen LogP contribution in [0.1, 0.15) is 15.9 Å². The summed E-state index contributed by atoms with van der Waals surface area (Å²) in [4.78, 5) is 19.7. The second-order valence-corrected chi connectivity index (χ2v) is 4.27. The van der Waals surface area contributed by atoms with E-state index in [9.17, 15) is 9.18 Å². The first kappa shape index (κ1) is 14.6. The van der Waals surface area contributed by atoms with Crippen molar-refractivity contribution in [1.82, 2.24) is 15.3 Å². The molecule has 1 aromatic heterocycles. The molecule has 2 rings (SSSR count). The lowest BCUT2D eigenvalue weighted by Gasteiger charge is -2.06. The third-order valence-corrected chi connectivity index (χ3v) is 2.68. The fraction of sp³-hybridized carbons (Fsp3) is 0.133. The Kier molecular flexibility index (Phi) is 4.98. The second-order valence-electron chi connectivity index (χ2n) is 4.27. The summed E-state index contributed by atoms with van der Waals surface area (Å²) >= 11 is 0. The highest BCUT2D eigenvalue weighted by atomic mass is 19.1. The van der Waals surface area contributed by atoms with E-state index in [0.717, 1.165) is 5.56 Å². The van der Waals surface area contributed by atoms with Crippen molar-refractivity contribution >= 4 is 11.9 Å². The van der Waals surface area contributed by atoms with Crippen LogP contribution in [-0.2, 0) is 6.54 Å². The summed E-state index contributed by atoms with van der Waals surface area (Å²) in [7, 11) is 0. The summed E-state index contributed by atoms with van der Waals surface area (Å²) in [5, 5.41) is 5.64. The number of hydrogen-bond donors (Lipinski definition) is 2. The standard InChI is InChI=1S/C15H15FN4O/c1-2-7-17-14(21)12-9-19-15(20-10-12)18-8-11-3-5-13(16)6-4-11/h2-6,9-10H,1,7-8H2,(H,17,21)(H,18,19,20). The topological polar surface area (TPSA) is 66.9 Å². The van der Waals surface area contributed by atoms with Gasteiger partial charge in [0.05, 0.1) is 5.56 Å². The largest absolute Gasteiger partial charge is 0.350 e. The minimum atomic E-state index is -0.273. The lowest BCUT2D eigenvalue weighted by Crippen LogP contribution is -2.23. The van der Waals surface area contributed by atoms with E-state index in [4.69, 9.17) is 0 Å². The van der Waals surface area contributed by atoms with E-state index < -0.39 is 0 Å². The smallest absolute Gasteiger partial charge is 0.254 e. The molecule has 0 aliphatic heterocycles. The summed E-state index contributed by atoms with van der Waals surface area (Å²) in [5.41, 5.74) is 1.29. The van der Waals surface area contributed by atoms with Crippen molar-refractivity contribution in [2.45, 2.75) is 6.54 Å². The number of aromatic nitrogens is 2. The maximum absolute atomic E-state index is 12.8. The molecule has 5 nitrogen and oxygen atoms in total. The zero-order chi connectivity index (χ0) is 15.1. The zero-order valence-corrected chi connectivity index (χ0v) is 11.3. The third kappa shape index (κ3) is 4.38. The molecule has 0 aliphatic carbocycles. The first-order valence-electron chi connectivity index (χ1n) is 6.38. The molecule has 0 saturated carbocycles. The molecule has 2 N–H and O–H groups in total. The van der Waals surface area contributed by atoms with Gasteiger partial charge in [-0.3, -0.25) is 4.79 Å². The molecule has 21 heavy (non-hydrogen) atoms. The molecule has 0 fully saturated rings. The van der Waals surface area contributed by atoms with Gasteiger partial charge in [0.2, 0.25) is 5.95 Å². The SMILES string of the molecule is C=CCNC(=O)c1cnc(NCc2ccc(F)cc2)nc1. The molecule has 1 aromatic carbocycles. The number of anilines is 1. The monoisotopic (exact) mass is 286 g/mol. The molecule has 0 spiro atoms. The fourth-order valence-electron chi connectivity index (χ4n) is 1.59. The van der Waals surface area contributed by atoms with Gasteiger partial charge in [-0.25, -0.2) is 14.4 Å². The average molecular weight is 286 g/mol. The first-order valence-corrected chi connectivity index (χ1v) is 6.38. The van der Waals surface area contributed by atoms with E-state index in [1.807, 2.05) is 0 Å². The molecule has 0 unspecified atom stereocenters. The Bertz CT molecular complexity index is 611. The van der Waals surface area contributed by atoms with E-state index >= 15 is 0 Å². The van der Waals surface area contributed by atoms with Gasteiger partial charge in [-0.1, -0.05) is 18.2 Å². The normalized spacial score (nSPS) is 9.95. The van der Waals surface area contributed by atoms with Gasteiger partial charge in [0, 0.05) is 25.5 Å². The van der Waals surface area contributed by atoms with Crippen LogP contribution in [0.2, 0.25) is 0 Å². The Morgan fingerprint density at radius 3 is 2.52 bits per heavy atom.